The predicted molar refractivity (Wildman–Crippen MR) is 144 cm³/mol. The second-order valence-corrected chi connectivity index (χ2v) is 9.25. The van der Waals surface area contributed by atoms with Crippen LogP contribution in [0.5, 0.6) is 0 Å². The van der Waals surface area contributed by atoms with Crippen molar-refractivity contribution in [3.05, 3.63) is 11.6 Å². The largest absolute Gasteiger partial charge is 0.396 e. The van der Waals surface area contributed by atoms with Crippen LogP contribution in [0.2, 0.25) is 0 Å². The Morgan fingerprint density at radius 3 is 0.947 bits per heavy atom. The van der Waals surface area contributed by atoms with Gasteiger partial charge in [0.1, 0.15) is 11.6 Å². The van der Waals surface area contributed by atoms with Crippen LogP contribution in [0.25, 0.3) is 0 Å². The van der Waals surface area contributed by atoms with Gasteiger partial charge in [0, 0.05) is 64.4 Å². The molecular weight excluding hydrogens is 492 g/mol. The molecule has 0 amide bonds. The maximum absolute atomic E-state index is 9.09. The quantitative estimate of drug-likeness (QED) is 0.124. The minimum Gasteiger partial charge on any atom is -0.396 e. The summed E-state index contributed by atoms with van der Waals surface area (Å²) in [4.78, 5) is 27.5. The lowest BCUT2D eigenvalue weighted by molar-refractivity contribution is 0.292. The Morgan fingerprint density at radius 2 is 0.711 bits per heavy atom. The number of nitrogens with one attached hydrogen (secondary N) is 4. The van der Waals surface area contributed by atoms with Crippen LogP contribution in [0.15, 0.2) is 0 Å². The molecule has 14 heteroatoms. The van der Waals surface area contributed by atoms with Gasteiger partial charge < -0.3 is 41.7 Å². The van der Waals surface area contributed by atoms with Crippen LogP contribution in [0.3, 0.4) is 0 Å². The van der Waals surface area contributed by atoms with Gasteiger partial charge in [-0.25, -0.2) is 0 Å². The fourth-order valence-electron chi connectivity index (χ4n) is 4.19. The van der Waals surface area contributed by atoms with E-state index in [1.54, 1.807) is 0 Å². The molecule has 0 saturated heterocycles. The van der Waals surface area contributed by atoms with Gasteiger partial charge in [0.15, 0.2) is 0 Å². The summed E-state index contributed by atoms with van der Waals surface area (Å²) >= 11 is 0. The van der Waals surface area contributed by atoms with E-state index >= 15 is 0 Å². The van der Waals surface area contributed by atoms with Gasteiger partial charge in [0.2, 0.25) is 23.8 Å². The number of nitrogens with zero attached hydrogens (tertiary/aromatic N) is 6. The van der Waals surface area contributed by atoms with E-state index in [0.29, 0.717) is 75.7 Å². The first kappa shape index (κ1) is 29.6. The summed E-state index contributed by atoms with van der Waals surface area (Å²) < 4.78 is 0. The molecule has 0 radical (unpaired) electrons. The highest BCUT2D eigenvalue weighted by molar-refractivity contribution is 5.36. The maximum Gasteiger partial charge on any atom is 0.227 e. The van der Waals surface area contributed by atoms with Crippen molar-refractivity contribution in [2.45, 2.75) is 63.2 Å². The van der Waals surface area contributed by atoms with Gasteiger partial charge in [-0.3, -0.25) is 0 Å². The number of rotatable bonds is 18. The second kappa shape index (κ2) is 16.8. The van der Waals surface area contributed by atoms with Gasteiger partial charge in [-0.2, -0.15) is 29.9 Å². The summed E-state index contributed by atoms with van der Waals surface area (Å²) in [6, 6.07) is 0. The smallest absolute Gasteiger partial charge is 0.227 e. The Bertz CT molecular complexity index is 814. The molecule has 0 spiro atoms. The summed E-state index contributed by atoms with van der Waals surface area (Å²) in [6.45, 7) is 2.60. The number of aliphatic hydroxyl groups excluding tert-OH is 4. The first-order valence-corrected chi connectivity index (χ1v) is 13.6. The highest BCUT2D eigenvalue weighted by Crippen LogP contribution is 2.39. The lowest BCUT2D eigenvalue weighted by atomic mass is 9.81. The molecule has 0 bridgehead atoms. The number of aromatic nitrogens is 6. The Labute approximate surface area is 223 Å². The summed E-state index contributed by atoms with van der Waals surface area (Å²) in [5.74, 6) is 3.70. The molecular formula is C24H42N10O4. The zero-order valence-electron chi connectivity index (χ0n) is 21.9. The van der Waals surface area contributed by atoms with Crippen LogP contribution in [0.4, 0.5) is 23.8 Å². The van der Waals surface area contributed by atoms with E-state index in [9.17, 15) is 0 Å². The van der Waals surface area contributed by atoms with Crippen molar-refractivity contribution < 1.29 is 20.4 Å². The van der Waals surface area contributed by atoms with Crippen molar-refractivity contribution in [1.82, 2.24) is 29.9 Å². The van der Waals surface area contributed by atoms with Crippen molar-refractivity contribution in [2.75, 3.05) is 73.9 Å². The van der Waals surface area contributed by atoms with E-state index < -0.39 is 0 Å². The van der Waals surface area contributed by atoms with Gasteiger partial charge in [0.05, 0.1) is 0 Å². The lowest BCUT2D eigenvalue weighted by Gasteiger charge is -2.27. The second-order valence-electron chi connectivity index (χ2n) is 9.25. The fourth-order valence-corrected chi connectivity index (χ4v) is 4.19. The van der Waals surface area contributed by atoms with Crippen LogP contribution < -0.4 is 21.3 Å². The molecule has 0 aromatic carbocycles. The summed E-state index contributed by atoms with van der Waals surface area (Å²) in [5.41, 5.74) is 0. The molecule has 2 heterocycles. The van der Waals surface area contributed by atoms with Gasteiger partial charge >= 0.3 is 0 Å². The molecule has 212 valence electrons. The Balaban J connectivity index is 1.69. The van der Waals surface area contributed by atoms with E-state index in [4.69, 9.17) is 20.4 Å². The Hall–Kier alpha value is -2.94. The Kier molecular flexibility index (Phi) is 13.1. The van der Waals surface area contributed by atoms with E-state index in [-0.39, 0.29) is 38.3 Å². The number of anilines is 4. The third-order valence-corrected chi connectivity index (χ3v) is 6.23. The highest BCUT2D eigenvalue weighted by atomic mass is 16.3. The molecule has 1 aliphatic rings. The molecule has 1 aliphatic carbocycles. The minimum absolute atomic E-state index is 0.0883. The molecule has 38 heavy (non-hydrogen) atoms. The molecule has 1 fully saturated rings. The normalized spacial score (nSPS) is 17.3. The van der Waals surface area contributed by atoms with Gasteiger partial charge in [0.25, 0.3) is 0 Å². The molecule has 2 aromatic rings. The van der Waals surface area contributed by atoms with Gasteiger partial charge in [-0.05, 0) is 51.4 Å². The molecule has 0 unspecified atom stereocenters. The maximum atomic E-state index is 9.09. The summed E-state index contributed by atoms with van der Waals surface area (Å²) in [6.07, 6.45) is 5.86. The van der Waals surface area contributed by atoms with E-state index in [1.165, 1.54) is 0 Å². The number of aliphatic hydroxyl groups is 4. The van der Waals surface area contributed by atoms with Gasteiger partial charge in [-0.1, -0.05) is 0 Å². The standard InChI is InChI=1S/C24H42N10O4/c35-13-1-9-25-21-29-19(30-22(33-21)26-10-2-14-36)17-5-7-18(8-6-17)20-31-23(27-11-3-15-37)34-24(32-20)28-12-4-16-38/h17-18,35-38H,1-16H2,(H2,25,26,29,30,33)(H2,27,28,31,32,34). The van der Waals surface area contributed by atoms with Crippen LogP contribution >= 0.6 is 0 Å². The third kappa shape index (κ3) is 9.74. The Morgan fingerprint density at radius 1 is 0.447 bits per heavy atom. The molecule has 0 atom stereocenters. The lowest BCUT2D eigenvalue weighted by Crippen LogP contribution is -2.20. The number of hydrogen-bond donors (Lipinski definition) is 8. The van der Waals surface area contributed by atoms with Crippen molar-refractivity contribution >= 4 is 23.8 Å². The molecule has 2 aromatic heterocycles. The molecule has 3 rings (SSSR count). The van der Waals surface area contributed by atoms with Crippen molar-refractivity contribution in [3.63, 3.8) is 0 Å². The van der Waals surface area contributed by atoms with Crippen LogP contribution in [0.1, 0.15) is 74.9 Å². The monoisotopic (exact) mass is 534 g/mol. The minimum atomic E-state index is 0.0883. The molecule has 8 N–H and O–H groups in total. The molecule has 1 saturated carbocycles. The van der Waals surface area contributed by atoms with Crippen LogP contribution in [0, 0.1) is 0 Å². The molecule has 0 aliphatic heterocycles. The first-order chi connectivity index (χ1) is 18.7. The average Bonchev–Trinajstić information content (AvgIpc) is 2.94. The fraction of sp³-hybridized carbons (Fsp3) is 0.750. The highest BCUT2D eigenvalue weighted by Gasteiger charge is 2.28. The summed E-state index contributed by atoms with van der Waals surface area (Å²) in [7, 11) is 0. The van der Waals surface area contributed by atoms with E-state index in [1.807, 2.05) is 0 Å². The first-order valence-electron chi connectivity index (χ1n) is 13.6. The topological polar surface area (TPSA) is 206 Å². The van der Waals surface area contributed by atoms with Crippen molar-refractivity contribution in [3.8, 4) is 0 Å². The number of hydrogen-bond acceptors (Lipinski definition) is 14. The predicted octanol–water partition coefficient (Wildman–Crippen LogP) is 0.675. The summed E-state index contributed by atoms with van der Waals surface area (Å²) in [5, 5.41) is 49.0. The van der Waals surface area contributed by atoms with Crippen LogP contribution in [-0.2, 0) is 0 Å². The van der Waals surface area contributed by atoms with E-state index in [2.05, 4.69) is 51.2 Å². The van der Waals surface area contributed by atoms with Crippen molar-refractivity contribution in [1.29, 1.82) is 0 Å². The average molecular weight is 535 g/mol. The van der Waals surface area contributed by atoms with E-state index in [0.717, 1.165) is 37.3 Å². The van der Waals surface area contributed by atoms with Crippen LogP contribution in [-0.4, -0.2) is 103 Å². The zero-order chi connectivity index (χ0) is 27.0. The zero-order valence-corrected chi connectivity index (χ0v) is 21.9. The SMILES string of the molecule is OCCCNc1nc(NCCCO)nc(C2CCC(c3nc(NCCCO)nc(NCCCO)n3)CC2)n1. The molecule has 14 nitrogen and oxygen atoms in total. The van der Waals surface area contributed by atoms with Gasteiger partial charge in [-0.15, -0.1) is 0 Å². The van der Waals surface area contributed by atoms with Crippen molar-refractivity contribution in [2.24, 2.45) is 0 Å². The third-order valence-electron chi connectivity index (χ3n) is 6.23.